The molecule has 0 aliphatic rings. The van der Waals surface area contributed by atoms with Gasteiger partial charge in [0.25, 0.3) is 11.6 Å². The maximum absolute atomic E-state index is 12.2. The molecule has 0 bridgehead atoms. The molecule has 30 heavy (non-hydrogen) atoms. The van der Waals surface area contributed by atoms with Gasteiger partial charge in [-0.2, -0.15) is 0 Å². The molecule has 0 aliphatic heterocycles. The molecular weight excluding hydrogens is 388 g/mol. The number of rotatable bonds is 8. The summed E-state index contributed by atoms with van der Waals surface area (Å²) in [4.78, 5) is 46.7. The van der Waals surface area contributed by atoms with Crippen molar-refractivity contribution >= 4 is 29.0 Å². The van der Waals surface area contributed by atoms with E-state index in [1.807, 2.05) is 19.9 Å². The van der Waals surface area contributed by atoms with E-state index in [0.717, 1.165) is 22.3 Å². The topological polar surface area (TPSA) is 116 Å². The molecule has 2 aromatic rings. The molecule has 0 aromatic heterocycles. The largest absolute Gasteiger partial charge is 0.456 e. The normalized spacial score (nSPS) is 10.4. The van der Waals surface area contributed by atoms with Crippen molar-refractivity contribution in [2.24, 2.45) is 0 Å². The Morgan fingerprint density at radius 3 is 2.20 bits per heavy atom. The third-order valence-electron chi connectivity index (χ3n) is 4.83. The van der Waals surface area contributed by atoms with E-state index >= 15 is 0 Å². The number of nitro benzene ring substituents is 1. The zero-order valence-corrected chi connectivity index (χ0v) is 17.4. The number of amides is 1. The predicted octanol–water partition coefficient (Wildman–Crippen LogP) is 3.97. The standard InChI is InChI=1S/C22H24N2O6/c1-13-5-6-17(9-14(13)2)20(25)7-8-22(27)30-12-21(26)23-18-10-15(3)16(4)11-19(18)24(28)29/h5-6,9-11H,7-8,12H2,1-4H3,(H,23,26). The average molecular weight is 412 g/mol. The molecule has 0 radical (unpaired) electrons. The Labute approximate surface area is 174 Å². The van der Waals surface area contributed by atoms with Gasteiger partial charge < -0.3 is 10.1 Å². The highest BCUT2D eigenvalue weighted by atomic mass is 16.6. The van der Waals surface area contributed by atoms with Crippen molar-refractivity contribution < 1.29 is 24.0 Å². The van der Waals surface area contributed by atoms with Crippen molar-refractivity contribution in [1.82, 2.24) is 0 Å². The van der Waals surface area contributed by atoms with Crippen LogP contribution in [-0.4, -0.2) is 29.2 Å². The average Bonchev–Trinajstić information content (AvgIpc) is 2.68. The lowest BCUT2D eigenvalue weighted by Crippen LogP contribution is -2.21. The van der Waals surface area contributed by atoms with Gasteiger partial charge >= 0.3 is 5.97 Å². The van der Waals surface area contributed by atoms with Gasteiger partial charge in [0, 0.05) is 18.1 Å². The van der Waals surface area contributed by atoms with Crippen molar-refractivity contribution in [2.45, 2.75) is 40.5 Å². The molecule has 158 valence electrons. The van der Waals surface area contributed by atoms with Crippen LogP contribution in [0.1, 0.15) is 45.5 Å². The number of nitrogens with zero attached hydrogens (tertiary/aromatic N) is 1. The highest BCUT2D eigenvalue weighted by Gasteiger charge is 2.18. The summed E-state index contributed by atoms with van der Waals surface area (Å²) in [5.74, 6) is -1.59. The van der Waals surface area contributed by atoms with E-state index in [1.165, 1.54) is 12.1 Å². The lowest BCUT2D eigenvalue weighted by Gasteiger charge is -2.09. The highest BCUT2D eigenvalue weighted by molar-refractivity contribution is 5.98. The molecule has 0 saturated heterocycles. The number of nitrogens with one attached hydrogen (secondary N) is 1. The molecule has 0 saturated carbocycles. The first-order valence-electron chi connectivity index (χ1n) is 9.40. The summed E-state index contributed by atoms with van der Waals surface area (Å²) in [6, 6.07) is 8.19. The minimum absolute atomic E-state index is 0.0361. The van der Waals surface area contributed by atoms with Gasteiger partial charge in [-0.05, 0) is 62.1 Å². The van der Waals surface area contributed by atoms with E-state index in [0.29, 0.717) is 5.56 Å². The van der Waals surface area contributed by atoms with E-state index in [2.05, 4.69) is 5.32 Å². The first kappa shape index (κ1) is 22.7. The molecule has 0 heterocycles. The van der Waals surface area contributed by atoms with Crippen LogP contribution in [0.2, 0.25) is 0 Å². The predicted molar refractivity (Wildman–Crippen MR) is 112 cm³/mol. The number of ketones is 1. The van der Waals surface area contributed by atoms with Gasteiger partial charge in [-0.15, -0.1) is 0 Å². The summed E-state index contributed by atoms with van der Waals surface area (Å²) in [5.41, 5.74) is 3.87. The molecule has 2 rings (SSSR count). The molecule has 1 amide bonds. The summed E-state index contributed by atoms with van der Waals surface area (Å²) in [6.07, 6.45) is -0.200. The molecule has 0 fully saturated rings. The van der Waals surface area contributed by atoms with Gasteiger partial charge in [-0.3, -0.25) is 24.5 Å². The number of anilines is 1. The maximum atomic E-state index is 12.2. The van der Waals surface area contributed by atoms with Crippen molar-refractivity contribution in [3.8, 4) is 0 Å². The van der Waals surface area contributed by atoms with Gasteiger partial charge in [-0.25, -0.2) is 0 Å². The third kappa shape index (κ3) is 5.97. The fraction of sp³-hybridized carbons (Fsp3) is 0.318. The lowest BCUT2D eigenvalue weighted by atomic mass is 10.0. The summed E-state index contributed by atoms with van der Waals surface area (Å²) < 4.78 is 4.89. The van der Waals surface area contributed by atoms with Gasteiger partial charge in [-0.1, -0.05) is 12.1 Å². The zero-order chi connectivity index (χ0) is 22.4. The Morgan fingerprint density at radius 1 is 0.933 bits per heavy atom. The van der Waals surface area contributed by atoms with Crippen LogP contribution >= 0.6 is 0 Å². The molecule has 8 heteroatoms. The Bertz CT molecular complexity index is 1010. The SMILES string of the molecule is Cc1ccc(C(=O)CCC(=O)OCC(=O)Nc2cc(C)c(C)cc2[N+](=O)[O-])cc1C. The number of hydrogen-bond donors (Lipinski definition) is 1. The number of Topliss-reactive ketones (excluding diaryl/α,β-unsaturated/α-hetero) is 1. The van der Waals surface area contributed by atoms with Crippen LogP contribution < -0.4 is 5.32 Å². The number of nitro groups is 1. The first-order chi connectivity index (χ1) is 14.1. The molecule has 1 N–H and O–H groups in total. The fourth-order valence-electron chi connectivity index (χ4n) is 2.73. The molecule has 0 aliphatic carbocycles. The highest BCUT2D eigenvalue weighted by Crippen LogP contribution is 2.27. The minimum Gasteiger partial charge on any atom is -0.456 e. The van der Waals surface area contributed by atoms with Crippen LogP contribution in [0.25, 0.3) is 0 Å². The summed E-state index contributed by atoms with van der Waals surface area (Å²) in [7, 11) is 0. The third-order valence-corrected chi connectivity index (χ3v) is 4.83. The van der Waals surface area contributed by atoms with Crippen LogP contribution in [0, 0.1) is 37.8 Å². The summed E-state index contributed by atoms with van der Waals surface area (Å²) in [6.45, 7) is 6.74. The van der Waals surface area contributed by atoms with Gasteiger partial charge in [0.1, 0.15) is 5.69 Å². The van der Waals surface area contributed by atoms with Gasteiger partial charge in [0.15, 0.2) is 12.4 Å². The smallest absolute Gasteiger partial charge is 0.306 e. The van der Waals surface area contributed by atoms with Gasteiger partial charge in [0.05, 0.1) is 11.3 Å². The second-order valence-electron chi connectivity index (χ2n) is 7.14. The van der Waals surface area contributed by atoms with Crippen LogP contribution in [0.4, 0.5) is 11.4 Å². The number of esters is 1. The number of hydrogen-bond acceptors (Lipinski definition) is 6. The molecule has 0 atom stereocenters. The molecule has 2 aromatic carbocycles. The van der Waals surface area contributed by atoms with Crippen LogP contribution in [0.15, 0.2) is 30.3 Å². The number of aryl methyl sites for hydroxylation is 4. The first-order valence-corrected chi connectivity index (χ1v) is 9.40. The minimum atomic E-state index is -0.699. The molecule has 0 spiro atoms. The van der Waals surface area contributed by atoms with Crippen molar-refractivity contribution in [1.29, 1.82) is 0 Å². The second-order valence-corrected chi connectivity index (χ2v) is 7.14. The van der Waals surface area contributed by atoms with Gasteiger partial charge in [0.2, 0.25) is 0 Å². The van der Waals surface area contributed by atoms with Crippen molar-refractivity contribution in [2.75, 3.05) is 11.9 Å². The van der Waals surface area contributed by atoms with Crippen molar-refractivity contribution in [3.63, 3.8) is 0 Å². The van der Waals surface area contributed by atoms with E-state index in [4.69, 9.17) is 4.74 Å². The van der Waals surface area contributed by atoms with E-state index < -0.39 is 23.4 Å². The number of carbonyl (C=O) groups excluding carboxylic acids is 3. The second kappa shape index (κ2) is 9.78. The Kier molecular flexibility index (Phi) is 7.41. The Hall–Kier alpha value is -3.55. The fourth-order valence-corrected chi connectivity index (χ4v) is 2.73. The lowest BCUT2D eigenvalue weighted by molar-refractivity contribution is -0.384. The van der Waals surface area contributed by atoms with Crippen molar-refractivity contribution in [3.05, 3.63) is 68.3 Å². The Balaban J connectivity index is 1.87. The summed E-state index contributed by atoms with van der Waals surface area (Å²) in [5, 5.41) is 13.6. The van der Waals surface area contributed by atoms with E-state index in [-0.39, 0.29) is 30.0 Å². The van der Waals surface area contributed by atoms with E-state index in [1.54, 1.807) is 26.0 Å². The maximum Gasteiger partial charge on any atom is 0.306 e. The number of ether oxygens (including phenoxy) is 1. The van der Waals surface area contributed by atoms with Crippen LogP contribution in [-0.2, 0) is 14.3 Å². The van der Waals surface area contributed by atoms with Crippen LogP contribution in [0.5, 0.6) is 0 Å². The zero-order valence-electron chi connectivity index (χ0n) is 17.4. The molecule has 8 nitrogen and oxygen atoms in total. The summed E-state index contributed by atoms with van der Waals surface area (Å²) >= 11 is 0. The molecular formula is C22H24N2O6. The number of carbonyl (C=O) groups is 3. The molecule has 0 unspecified atom stereocenters. The Morgan fingerprint density at radius 2 is 1.57 bits per heavy atom. The van der Waals surface area contributed by atoms with Crippen LogP contribution in [0.3, 0.4) is 0 Å². The number of benzene rings is 2. The van der Waals surface area contributed by atoms with E-state index in [9.17, 15) is 24.5 Å². The monoisotopic (exact) mass is 412 g/mol. The quantitative estimate of drug-likeness (QED) is 0.303.